The van der Waals surface area contributed by atoms with Crippen LogP contribution in [0.1, 0.15) is 0 Å². The minimum absolute atomic E-state index is 0. The Morgan fingerprint density at radius 1 is 1.20 bits per heavy atom. The van der Waals surface area contributed by atoms with Crippen molar-refractivity contribution in [2.24, 2.45) is 0 Å². The molecule has 0 saturated carbocycles. The van der Waals surface area contributed by atoms with Crippen molar-refractivity contribution >= 4 is 30.7 Å². The van der Waals surface area contributed by atoms with Gasteiger partial charge >= 0.3 is 0 Å². The molecule has 0 saturated heterocycles. The van der Waals surface area contributed by atoms with Crippen LogP contribution in [0.2, 0.25) is 0 Å². The molecule has 1 aromatic carbocycles. The van der Waals surface area contributed by atoms with E-state index in [0.717, 1.165) is 0 Å². The van der Waals surface area contributed by atoms with Crippen molar-refractivity contribution in [3.05, 3.63) is 30.3 Å². The van der Waals surface area contributed by atoms with Gasteiger partial charge in [0.15, 0.2) is 17.4 Å². The summed E-state index contributed by atoms with van der Waals surface area (Å²) in [5, 5.41) is 0.516. The summed E-state index contributed by atoms with van der Waals surface area (Å²) in [6.07, 6.45) is 0. The van der Waals surface area contributed by atoms with Crippen LogP contribution in [-0.2, 0) is 4.57 Å². The third-order valence-electron chi connectivity index (χ3n) is 1.02. The molecular weight excluding hydrogens is 162 g/mol. The van der Waals surface area contributed by atoms with E-state index in [-0.39, 0.29) is 17.4 Å². The molecule has 0 heterocycles. The first-order valence-corrected chi connectivity index (χ1v) is 3.94. The summed E-state index contributed by atoms with van der Waals surface area (Å²) in [7, 11) is -2.46. The van der Waals surface area contributed by atoms with Gasteiger partial charge in [-0.3, -0.25) is 4.57 Å². The molecule has 0 bridgehead atoms. The molecule has 54 valence electrons. The monoisotopic (exact) mass is 172 g/mol. The Labute approximate surface area is 70.9 Å². The predicted molar refractivity (Wildman–Crippen MR) is 47.2 cm³/mol. The molecule has 0 aliphatic carbocycles. The minimum atomic E-state index is -2.46. The zero-order chi connectivity index (χ0) is 6.69. The van der Waals surface area contributed by atoms with Gasteiger partial charge in [0.25, 0.3) is 0 Å². The molecule has 2 nitrogen and oxygen atoms in total. The van der Waals surface area contributed by atoms with E-state index in [0.29, 0.717) is 5.30 Å². The van der Waals surface area contributed by atoms with E-state index < -0.39 is 8.03 Å². The lowest BCUT2D eigenvalue weighted by Crippen LogP contribution is -1.91. The van der Waals surface area contributed by atoms with E-state index in [2.05, 4.69) is 0 Å². The van der Waals surface area contributed by atoms with Gasteiger partial charge in [0.1, 0.15) is 0 Å². The fraction of sp³-hybridized carbons (Fsp3) is 0. The highest BCUT2D eigenvalue weighted by Gasteiger charge is 1.92. The van der Waals surface area contributed by atoms with Gasteiger partial charge in [-0.15, -0.1) is 0 Å². The summed E-state index contributed by atoms with van der Waals surface area (Å²) in [6.45, 7) is 0. The first kappa shape index (κ1) is 9.94. The molecule has 0 spiro atoms. The summed E-state index contributed by atoms with van der Waals surface area (Å²) in [5.74, 6) is 0. The second-order valence-corrected chi connectivity index (χ2v) is 2.86. The van der Waals surface area contributed by atoms with Crippen molar-refractivity contribution in [3.63, 3.8) is 0 Å². The van der Waals surface area contributed by atoms with Gasteiger partial charge in [-0.25, -0.2) is 0 Å². The highest BCUT2D eigenvalue weighted by Crippen LogP contribution is 2.10. The van der Waals surface area contributed by atoms with Crippen molar-refractivity contribution in [1.82, 2.24) is 0 Å². The molecule has 0 aliphatic heterocycles. The van der Waals surface area contributed by atoms with E-state index in [1.165, 1.54) is 0 Å². The summed E-state index contributed by atoms with van der Waals surface area (Å²) >= 11 is 0. The third-order valence-corrected chi connectivity index (χ3v) is 1.85. The number of hydrogen-bond donors (Lipinski definition) is 1. The molecule has 1 aromatic rings. The number of rotatable bonds is 1. The fourth-order valence-electron chi connectivity index (χ4n) is 0.581. The van der Waals surface area contributed by atoms with Crippen LogP contribution in [-0.4, -0.2) is 22.3 Å². The van der Waals surface area contributed by atoms with Crippen LogP contribution in [0.3, 0.4) is 0 Å². The lowest BCUT2D eigenvalue weighted by Gasteiger charge is -1.90. The van der Waals surface area contributed by atoms with Crippen LogP contribution in [0, 0.1) is 0 Å². The Morgan fingerprint density at radius 3 is 2.00 bits per heavy atom. The first-order chi connectivity index (χ1) is 4.30. The van der Waals surface area contributed by atoms with E-state index in [4.69, 9.17) is 4.89 Å². The van der Waals surface area contributed by atoms with Crippen LogP contribution in [0.4, 0.5) is 0 Å². The Hall–Kier alpha value is -0.0575. The normalized spacial score (nSPS) is 11.7. The Morgan fingerprint density at radius 2 is 1.70 bits per heavy atom. The molecule has 1 atom stereocenters. The maximum Gasteiger partial charge on any atom is 0.218 e. The van der Waals surface area contributed by atoms with Crippen LogP contribution >= 0.6 is 8.03 Å². The van der Waals surface area contributed by atoms with Crippen molar-refractivity contribution in [1.29, 1.82) is 0 Å². The number of benzene rings is 1. The SMILES string of the molecule is O=[PH](O)c1ccccc1.[AlH3]. The van der Waals surface area contributed by atoms with E-state index in [1.807, 2.05) is 6.07 Å². The average Bonchev–Trinajstić information content (AvgIpc) is 1.90. The second kappa shape index (κ2) is 4.71. The molecule has 10 heavy (non-hydrogen) atoms. The van der Waals surface area contributed by atoms with Crippen molar-refractivity contribution in [3.8, 4) is 0 Å². The van der Waals surface area contributed by atoms with Crippen molar-refractivity contribution in [2.45, 2.75) is 0 Å². The minimum Gasteiger partial charge on any atom is -0.343 e. The van der Waals surface area contributed by atoms with E-state index in [9.17, 15) is 4.57 Å². The van der Waals surface area contributed by atoms with Crippen molar-refractivity contribution < 1.29 is 9.46 Å². The topological polar surface area (TPSA) is 37.3 Å². The lowest BCUT2D eigenvalue weighted by molar-refractivity contribution is 0.513. The van der Waals surface area contributed by atoms with Crippen LogP contribution in [0.5, 0.6) is 0 Å². The van der Waals surface area contributed by atoms with Crippen LogP contribution in [0.15, 0.2) is 30.3 Å². The predicted octanol–water partition coefficient (Wildman–Crippen LogP) is -0.405. The standard InChI is InChI=1S/C6H7O2P.Al.3H/c7-9(8)6-4-2-1-3-5-6;;;;/h1-5,9H,(H,7,8);;;;. The zero-order valence-electron chi connectivity index (χ0n) is 4.74. The fourth-order valence-corrected chi connectivity index (χ4v) is 1.06. The van der Waals surface area contributed by atoms with Gasteiger partial charge in [-0.2, -0.15) is 0 Å². The lowest BCUT2D eigenvalue weighted by atomic mass is 10.4. The average molecular weight is 172 g/mol. The molecule has 1 unspecified atom stereocenters. The van der Waals surface area contributed by atoms with Gasteiger partial charge in [0, 0.05) is 5.30 Å². The Bertz CT molecular complexity index is 212. The molecule has 1 rings (SSSR count). The molecule has 1 N–H and O–H groups in total. The summed E-state index contributed by atoms with van der Waals surface area (Å²) in [4.78, 5) is 8.57. The Kier molecular flexibility index (Phi) is 4.68. The smallest absolute Gasteiger partial charge is 0.218 e. The third kappa shape index (κ3) is 2.68. The molecular formula is C6H10AlO2P. The zero-order valence-corrected chi connectivity index (χ0v) is 5.74. The number of hydrogen-bond acceptors (Lipinski definition) is 1. The maximum atomic E-state index is 10.4. The molecule has 4 heteroatoms. The summed E-state index contributed by atoms with van der Waals surface area (Å²) in [6, 6.07) is 8.58. The highest BCUT2D eigenvalue weighted by atomic mass is 31.1. The molecule has 0 aliphatic rings. The molecule has 0 amide bonds. The van der Waals surface area contributed by atoms with Gasteiger partial charge in [0.2, 0.25) is 8.03 Å². The quantitative estimate of drug-likeness (QED) is 0.462. The van der Waals surface area contributed by atoms with Gasteiger partial charge in [0.05, 0.1) is 0 Å². The van der Waals surface area contributed by atoms with E-state index >= 15 is 0 Å². The molecule has 0 radical (unpaired) electrons. The molecule has 0 fully saturated rings. The summed E-state index contributed by atoms with van der Waals surface area (Å²) in [5.41, 5.74) is 0. The summed E-state index contributed by atoms with van der Waals surface area (Å²) < 4.78 is 10.4. The second-order valence-electron chi connectivity index (χ2n) is 1.67. The molecule has 0 aromatic heterocycles. The van der Waals surface area contributed by atoms with Crippen molar-refractivity contribution in [2.75, 3.05) is 0 Å². The van der Waals surface area contributed by atoms with Gasteiger partial charge in [-0.1, -0.05) is 18.2 Å². The first-order valence-electron chi connectivity index (χ1n) is 2.59. The Balaban J connectivity index is 0.000000810. The van der Waals surface area contributed by atoms with Crippen LogP contribution < -0.4 is 5.30 Å². The highest BCUT2D eigenvalue weighted by molar-refractivity contribution is 7.47. The maximum absolute atomic E-state index is 10.4. The van der Waals surface area contributed by atoms with Gasteiger partial charge in [-0.05, 0) is 12.1 Å². The van der Waals surface area contributed by atoms with Crippen LogP contribution in [0.25, 0.3) is 0 Å². The largest absolute Gasteiger partial charge is 0.343 e. The van der Waals surface area contributed by atoms with Gasteiger partial charge < -0.3 is 4.89 Å². The van der Waals surface area contributed by atoms with E-state index in [1.54, 1.807) is 24.3 Å².